The van der Waals surface area contributed by atoms with Gasteiger partial charge in [0.2, 0.25) is 0 Å². The van der Waals surface area contributed by atoms with Crippen LogP contribution in [0, 0.1) is 5.92 Å². The van der Waals surface area contributed by atoms with Gasteiger partial charge in [0.05, 0.1) is 31.5 Å². The van der Waals surface area contributed by atoms with Crippen LogP contribution >= 0.6 is 0 Å². The van der Waals surface area contributed by atoms with Crippen molar-refractivity contribution in [2.24, 2.45) is 5.92 Å². The van der Waals surface area contributed by atoms with Crippen molar-refractivity contribution in [3.8, 4) is 0 Å². The number of hydrogen-bond acceptors (Lipinski definition) is 5. The molecular weight excluding hydrogens is 270 g/mol. The Hall–Kier alpha value is -0.200. The van der Waals surface area contributed by atoms with Crippen LogP contribution in [0.1, 0.15) is 39.0 Å². The largest absolute Gasteiger partial charge is 0.393 e. The molecule has 1 saturated carbocycles. The lowest BCUT2D eigenvalue weighted by molar-refractivity contribution is -0.0440. The molecule has 1 aliphatic carbocycles. The maximum Gasteiger partial charge on any atom is 0.0900 e. The Kier molecular flexibility index (Phi) is 6.89. The molecule has 0 radical (unpaired) electrons. The van der Waals surface area contributed by atoms with Crippen molar-refractivity contribution in [1.29, 1.82) is 0 Å². The Morgan fingerprint density at radius 1 is 1.19 bits per heavy atom. The summed E-state index contributed by atoms with van der Waals surface area (Å²) >= 11 is 0. The number of aliphatic hydroxyl groups is 2. The van der Waals surface area contributed by atoms with E-state index in [-0.39, 0.29) is 12.2 Å². The van der Waals surface area contributed by atoms with Crippen LogP contribution in [-0.4, -0.2) is 72.9 Å². The smallest absolute Gasteiger partial charge is 0.0900 e. The average Bonchev–Trinajstić information content (AvgIpc) is 3.05. The van der Waals surface area contributed by atoms with Gasteiger partial charge in [-0.05, 0) is 39.2 Å². The lowest BCUT2D eigenvalue weighted by Crippen LogP contribution is -2.43. The molecule has 2 fully saturated rings. The van der Waals surface area contributed by atoms with Crippen LogP contribution in [-0.2, 0) is 9.47 Å². The first-order chi connectivity index (χ1) is 10.1. The van der Waals surface area contributed by atoms with Gasteiger partial charge in [0, 0.05) is 25.6 Å². The fourth-order valence-electron chi connectivity index (χ4n) is 3.86. The minimum atomic E-state index is -0.469. The zero-order valence-corrected chi connectivity index (χ0v) is 13.4. The van der Waals surface area contributed by atoms with Crippen molar-refractivity contribution < 1.29 is 19.7 Å². The molecule has 5 atom stereocenters. The van der Waals surface area contributed by atoms with Crippen LogP contribution in [0.15, 0.2) is 0 Å². The van der Waals surface area contributed by atoms with Gasteiger partial charge in [-0.25, -0.2) is 0 Å². The van der Waals surface area contributed by atoms with Crippen molar-refractivity contribution in [2.75, 3.05) is 33.4 Å². The van der Waals surface area contributed by atoms with Gasteiger partial charge in [0.15, 0.2) is 0 Å². The minimum absolute atomic E-state index is 0.00989. The molecule has 0 aromatic carbocycles. The van der Waals surface area contributed by atoms with E-state index in [4.69, 9.17) is 9.47 Å². The lowest BCUT2D eigenvalue weighted by atomic mass is 9.94. The summed E-state index contributed by atoms with van der Waals surface area (Å²) in [5.74, 6) is 0.396. The summed E-state index contributed by atoms with van der Waals surface area (Å²) in [7, 11) is 1.65. The van der Waals surface area contributed by atoms with Gasteiger partial charge >= 0.3 is 0 Å². The van der Waals surface area contributed by atoms with E-state index in [1.807, 2.05) is 6.92 Å². The number of ether oxygens (including phenoxy) is 2. The van der Waals surface area contributed by atoms with E-state index < -0.39 is 6.10 Å². The average molecular weight is 301 g/mol. The second kappa shape index (κ2) is 8.44. The Morgan fingerprint density at radius 2 is 2.00 bits per heavy atom. The maximum atomic E-state index is 10.2. The van der Waals surface area contributed by atoms with Crippen LogP contribution in [0.5, 0.6) is 0 Å². The fourth-order valence-corrected chi connectivity index (χ4v) is 3.86. The summed E-state index contributed by atoms with van der Waals surface area (Å²) in [5, 5.41) is 20.3. The third kappa shape index (κ3) is 4.89. The topological polar surface area (TPSA) is 62.2 Å². The van der Waals surface area contributed by atoms with Crippen LogP contribution in [0.25, 0.3) is 0 Å². The molecule has 0 bridgehead atoms. The zero-order valence-electron chi connectivity index (χ0n) is 13.4. The number of β-amino-alcohol motifs (C(OH)–C–C–N with tert-alkyl or cyclic N) is 1. The lowest BCUT2D eigenvalue weighted by Gasteiger charge is -2.32. The van der Waals surface area contributed by atoms with Crippen LogP contribution in [0.4, 0.5) is 0 Å². The summed E-state index contributed by atoms with van der Waals surface area (Å²) in [6.45, 7) is 4.52. The van der Waals surface area contributed by atoms with E-state index in [0.29, 0.717) is 31.7 Å². The molecule has 1 heterocycles. The highest BCUT2D eigenvalue weighted by Crippen LogP contribution is 2.35. The summed E-state index contributed by atoms with van der Waals surface area (Å²) in [6, 6.07) is 0.438. The molecule has 21 heavy (non-hydrogen) atoms. The first-order valence-corrected chi connectivity index (χ1v) is 8.32. The summed E-state index contributed by atoms with van der Waals surface area (Å²) < 4.78 is 10.6. The monoisotopic (exact) mass is 301 g/mol. The molecule has 1 saturated heterocycles. The highest BCUT2D eigenvalue weighted by Gasteiger charge is 2.38. The van der Waals surface area contributed by atoms with Crippen LogP contribution in [0.2, 0.25) is 0 Å². The molecule has 5 heteroatoms. The van der Waals surface area contributed by atoms with Crippen molar-refractivity contribution in [2.45, 2.75) is 63.4 Å². The van der Waals surface area contributed by atoms with Gasteiger partial charge in [0.25, 0.3) is 0 Å². The van der Waals surface area contributed by atoms with Crippen molar-refractivity contribution in [3.63, 3.8) is 0 Å². The van der Waals surface area contributed by atoms with E-state index in [9.17, 15) is 10.2 Å². The third-order valence-corrected chi connectivity index (χ3v) is 4.86. The molecule has 2 N–H and O–H groups in total. The number of methoxy groups -OCH3 is 1. The molecule has 1 aliphatic heterocycles. The quantitative estimate of drug-likeness (QED) is 0.701. The van der Waals surface area contributed by atoms with E-state index in [2.05, 4.69) is 4.90 Å². The molecule has 5 nitrogen and oxygen atoms in total. The Balaban J connectivity index is 1.75. The second-order valence-electron chi connectivity index (χ2n) is 6.62. The van der Waals surface area contributed by atoms with Gasteiger partial charge in [-0.15, -0.1) is 0 Å². The number of likely N-dealkylation sites (tertiary alicyclic amines) is 1. The van der Waals surface area contributed by atoms with E-state index >= 15 is 0 Å². The van der Waals surface area contributed by atoms with Crippen molar-refractivity contribution >= 4 is 0 Å². The Labute approximate surface area is 128 Å². The molecule has 2 aliphatic rings. The second-order valence-corrected chi connectivity index (χ2v) is 6.62. The summed E-state index contributed by atoms with van der Waals surface area (Å²) in [6.07, 6.45) is 4.91. The SMILES string of the molecule is COCC(C)OCC(O)CN1CCCC1C1CCCC1O. The minimum Gasteiger partial charge on any atom is -0.393 e. The Bertz CT molecular complexity index is 302. The van der Waals surface area contributed by atoms with Crippen LogP contribution < -0.4 is 0 Å². The standard InChI is InChI=1S/C16H31NO4/c1-12(10-20-2)21-11-13(18)9-17-8-4-6-15(17)14-5-3-7-16(14)19/h12-16,18-19H,3-11H2,1-2H3. The first-order valence-electron chi connectivity index (χ1n) is 8.32. The van der Waals surface area contributed by atoms with E-state index in [1.165, 1.54) is 6.42 Å². The molecular formula is C16H31NO4. The van der Waals surface area contributed by atoms with Gasteiger partial charge in [-0.3, -0.25) is 4.90 Å². The van der Waals surface area contributed by atoms with Crippen molar-refractivity contribution in [1.82, 2.24) is 4.90 Å². The highest BCUT2D eigenvalue weighted by atomic mass is 16.5. The molecule has 5 unspecified atom stereocenters. The first kappa shape index (κ1) is 17.2. The number of nitrogens with zero attached hydrogens (tertiary/aromatic N) is 1. The number of rotatable bonds is 8. The van der Waals surface area contributed by atoms with Crippen molar-refractivity contribution in [3.05, 3.63) is 0 Å². The fraction of sp³-hybridized carbons (Fsp3) is 1.00. The van der Waals surface area contributed by atoms with Crippen LogP contribution in [0.3, 0.4) is 0 Å². The molecule has 0 aromatic rings. The molecule has 0 aromatic heterocycles. The number of aliphatic hydroxyl groups excluding tert-OH is 2. The molecule has 124 valence electrons. The molecule has 0 amide bonds. The molecule has 2 rings (SSSR count). The van der Waals surface area contributed by atoms with Gasteiger partial charge in [-0.1, -0.05) is 6.42 Å². The predicted molar refractivity (Wildman–Crippen MR) is 81.2 cm³/mol. The maximum absolute atomic E-state index is 10.2. The third-order valence-electron chi connectivity index (χ3n) is 4.86. The van der Waals surface area contributed by atoms with Gasteiger partial charge in [-0.2, -0.15) is 0 Å². The summed E-state index contributed by atoms with van der Waals surface area (Å²) in [4.78, 5) is 2.36. The predicted octanol–water partition coefficient (Wildman–Crippen LogP) is 1.02. The zero-order chi connectivity index (χ0) is 15.2. The number of hydrogen-bond donors (Lipinski definition) is 2. The summed E-state index contributed by atoms with van der Waals surface area (Å²) in [5.41, 5.74) is 0. The van der Waals surface area contributed by atoms with E-state index in [0.717, 1.165) is 32.2 Å². The Morgan fingerprint density at radius 3 is 2.67 bits per heavy atom. The highest BCUT2D eigenvalue weighted by molar-refractivity contribution is 4.92. The van der Waals surface area contributed by atoms with Gasteiger partial charge in [0.1, 0.15) is 0 Å². The normalized spacial score (nSPS) is 33.4. The van der Waals surface area contributed by atoms with E-state index in [1.54, 1.807) is 7.11 Å². The molecule has 0 spiro atoms. The van der Waals surface area contributed by atoms with Gasteiger partial charge < -0.3 is 19.7 Å².